The number of rotatable bonds is 6. The minimum atomic E-state index is -2.91. The highest BCUT2D eigenvalue weighted by Crippen LogP contribution is 2.15. The summed E-state index contributed by atoms with van der Waals surface area (Å²) in [5, 5.41) is 3.27. The van der Waals surface area contributed by atoms with Crippen LogP contribution in [0.3, 0.4) is 0 Å². The topological polar surface area (TPSA) is 59.1 Å². The van der Waals surface area contributed by atoms with Crippen molar-refractivity contribution in [3.63, 3.8) is 0 Å². The SMILES string of the molecule is CCNC(CCS(C)(=O)=O)c1cccnc1. The van der Waals surface area contributed by atoms with Gasteiger partial charge in [-0.15, -0.1) is 0 Å². The van der Waals surface area contributed by atoms with Crippen LogP contribution in [0.4, 0.5) is 0 Å². The van der Waals surface area contributed by atoms with Gasteiger partial charge in [0.05, 0.1) is 5.75 Å². The quantitative estimate of drug-likeness (QED) is 0.813. The fourth-order valence-corrected chi connectivity index (χ4v) is 2.21. The summed E-state index contributed by atoms with van der Waals surface area (Å²) in [7, 11) is -2.91. The summed E-state index contributed by atoms with van der Waals surface area (Å²) < 4.78 is 22.3. The summed E-state index contributed by atoms with van der Waals surface area (Å²) in [6.45, 7) is 2.81. The number of hydrogen-bond donors (Lipinski definition) is 1. The average molecular weight is 242 g/mol. The summed E-state index contributed by atoms with van der Waals surface area (Å²) in [6, 6.07) is 3.89. The van der Waals surface area contributed by atoms with E-state index in [1.54, 1.807) is 12.4 Å². The molecule has 4 nitrogen and oxygen atoms in total. The van der Waals surface area contributed by atoms with E-state index in [-0.39, 0.29) is 11.8 Å². The smallest absolute Gasteiger partial charge is 0.147 e. The first-order valence-electron chi connectivity index (χ1n) is 5.34. The van der Waals surface area contributed by atoms with Gasteiger partial charge in [-0.2, -0.15) is 0 Å². The summed E-state index contributed by atoms with van der Waals surface area (Å²) >= 11 is 0. The molecule has 1 atom stereocenters. The first-order valence-corrected chi connectivity index (χ1v) is 7.40. The molecule has 0 fully saturated rings. The summed E-state index contributed by atoms with van der Waals surface area (Å²) in [6.07, 6.45) is 5.33. The van der Waals surface area contributed by atoms with Crippen LogP contribution in [0.2, 0.25) is 0 Å². The van der Waals surface area contributed by atoms with Gasteiger partial charge in [0.15, 0.2) is 0 Å². The third kappa shape index (κ3) is 4.72. The Hall–Kier alpha value is -0.940. The molecule has 0 spiro atoms. The van der Waals surface area contributed by atoms with E-state index in [1.165, 1.54) is 6.26 Å². The van der Waals surface area contributed by atoms with Gasteiger partial charge < -0.3 is 5.32 Å². The number of nitrogens with zero attached hydrogens (tertiary/aromatic N) is 1. The predicted molar refractivity (Wildman–Crippen MR) is 65.0 cm³/mol. The summed E-state index contributed by atoms with van der Waals surface area (Å²) in [5.74, 6) is 0.194. The zero-order chi connectivity index (χ0) is 12.0. The lowest BCUT2D eigenvalue weighted by molar-refractivity contribution is 0.528. The summed E-state index contributed by atoms with van der Waals surface area (Å²) in [5.41, 5.74) is 1.04. The highest BCUT2D eigenvalue weighted by molar-refractivity contribution is 7.90. The van der Waals surface area contributed by atoms with E-state index in [9.17, 15) is 8.42 Å². The van der Waals surface area contributed by atoms with E-state index >= 15 is 0 Å². The highest BCUT2D eigenvalue weighted by atomic mass is 32.2. The Kier molecular flexibility index (Phi) is 4.89. The van der Waals surface area contributed by atoms with Crippen molar-refractivity contribution < 1.29 is 8.42 Å². The van der Waals surface area contributed by atoms with Gasteiger partial charge in [-0.25, -0.2) is 8.42 Å². The van der Waals surface area contributed by atoms with Crippen molar-refractivity contribution in [3.05, 3.63) is 30.1 Å². The molecule has 0 aromatic carbocycles. The van der Waals surface area contributed by atoms with Gasteiger partial charge in [-0.1, -0.05) is 13.0 Å². The monoisotopic (exact) mass is 242 g/mol. The molecule has 1 unspecified atom stereocenters. The zero-order valence-corrected chi connectivity index (χ0v) is 10.5. The maximum atomic E-state index is 11.1. The van der Waals surface area contributed by atoms with Crippen LogP contribution >= 0.6 is 0 Å². The van der Waals surface area contributed by atoms with Crippen LogP contribution in [0, 0.1) is 0 Å². The summed E-state index contributed by atoms with van der Waals surface area (Å²) in [4.78, 5) is 4.04. The molecule has 0 saturated carbocycles. The van der Waals surface area contributed by atoms with Crippen molar-refractivity contribution in [2.24, 2.45) is 0 Å². The molecule has 1 heterocycles. The van der Waals surface area contributed by atoms with Crippen molar-refractivity contribution >= 4 is 9.84 Å². The molecule has 16 heavy (non-hydrogen) atoms. The number of hydrogen-bond acceptors (Lipinski definition) is 4. The number of sulfone groups is 1. The van der Waals surface area contributed by atoms with E-state index in [1.807, 2.05) is 19.1 Å². The normalized spacial score (nSPS) is 13.6. The van der Waals surface area contributed by atoms with Crippen molar-refractivity contribution in [2.75, 3.05) is 18.6 Å². The van der Waals surface area contributed by atoms with Gasteiger partial charge in [-0.05, 0) is 24.6 Å². The lowest BCUT2D eigenvalue weighted by atomic mass is 10.1. The second-order valence-electron chi connectivity index (χ2n) is 3.82. The predicted octanol–water partition coefficient (Wildman–Crippen LogP) is 1.17. The van der Waals surface area contributed by atoms with E-state index < -0.39 is 9.84 Å². The molecule has 0 aliphatic rings. The third-order valence-corrected chi connectivity index (χ3v) is 3.29. The van der Waals surface area contributed by atoms with Crippen LogP contribution in [0.1, 0.15) is 24.9 Å². The molecular formula is C11H18N2O2S. The van der Waals surface area contributed by atoms with Crippen molar-refractivity contribution in [1.29, 1.82) is 0 Å². The second kappa shape index (κ2) is 5.96. The second-order valence-corrected chi connectivity index (χ2v) is 6.07. The van der Waals surface area contributed by atoms with Gasteiger partial charge in [0.2, 0.25) is 0 Å². The minimum Gasteiger partial charge on any atom is -0.310 e. The Bertz CT molecular complexity index is 403. The van der Waals surface area contributed by atoms with E-state index in [4.69, 9.17) is 0 Å². The van der Waals surface area contributed by atoms with Gasteiger partial charge >= 0.3 is 0 Å². The Morgan fingerprint density at radius 3 is 2.75 bits per heavy atom. The van der Waals surface area contributed by atoms with E-state index in [0.717, 1.165) is 12.1 Å². The molecule has 0 aliphatic heterocycles. The molecule has 1 rings (SSSR count). The molecule has 0 amide bonds. The molecule has 5 heteroatoms. The van der Waals surface area contributed by atoms with Crippen molar-refractivity contribution in [3.8, 4) is 0 Å². The Morgan fingerprint density at radius 1 is 1.50 bits per heavy atom. The maximum Gasteiger partial charge on any atom is 0.147 e. The molecule has 0 aliphatic carbocycles. The lowest BCUT2D eigenvalue weighted by Gasteiger charge is -2.17. The molecule has 0 saturated heterocycles. The maximum absolute atomic E-state index is 11.1. The Balaban J connectivity index is 2.69. The molecule has 90 valence electrons. The molecule has 1 N–H and O–H groups in total. The zero-order valence-electron chi connectivity index (χ0n) is 9.68. The van der Waals surface area contributed by atoms with Gasteiger partial charge in [-0.3, -0.25) is 4.98 Å². The van der Waals surface area contributed by atoms with Crippen LogP contribution in [0.15, 0.2) is 24.5 Å². The lowest BCUT2D eigenvalue weighted by Crippen LogP contribution is -2.23. The van der Waals surface area contributed by atoms with Crippen LogP contribution < -0.4 is 5.32 Å². The van der Waals surface area contributed by atoms with E-state index in [0.29, 0.717) is 6.42 Å². The average Bonchev–Trinajstić information content (AvgIpc) is 2.24. The van der Waals surface area contributed by atoms with Crippen molar-refractivity contribution in [2.45, 2.75) is 19.4 Å². The number of pyridine rings is 1. The van der Waals surface area contributed by atoms with Gasteiger partial charge in [0.1, 0.15) is 9.84 Å². The fraction of sp³-hybridized carbons (Fsp3) is 0.545. The Morgan fingerprint density at radius 2 is 2.25 bits per heavy atom. The van der Waals surface area contributed by atoms with Crippen molar-refractivity contribution in [1.82, 2.24) is 10.3 Å². The minimum absolute atomic E-state index is 0.0634. The highest BCUT2D eigenvalue weighted by Gasteiger charge is 2.13. The fourth-order valence-electron chi connectivity index (χ4n) is 1.55. The third-order valence-electron chi connectivity index (χ3n) is 2.31. The van der Waals surface area contributed by atoms with Crippen LogP contribution in [0.25, 0.3) is 0 Å². The molecule has 0 radical (unpaired) electrons. The molecular weight excluding hydrogens is 224 g/mol. The Labute approximate surface area is 97.0 Å². The van der Waals surface area contributed by atoms with Gasteiger partial charge in [0.25, 0.3) is 0 Å². The van der Waals surface area contributed by atoms with Crippen LogP contribution in [0.5, 0.6) is 0 Å². The molecule has 1 aromatic heterocycles. The standard InChI is InChI=1S/C11H18N2O2S/c1-3-13-11(6-8-16(2,14)15)10-5-4-7-12-9-10/h4-5,7,9,11,13H,3,6,8H2,1-2H3. The number of aromatic nitrogens is 1. The van der Waals surface area contributed by atoms with Gasteiger partial charge in [0, 0.05) is 24.7 Å². The molecule has 0 bridgehead atoms. The molecule has 1 aromatic rings. The number of nitrogens with one attached hydrogen (secondary N) is 1. The largest absolute Gasteiger partial charge is 0.310 e. The first kappa shape index (κ1) is 13.1. The van der Waals surface area contributed by atoms with E-state index in [2.05, 4.69) is 10.3 Å². The first-order chi connectivity index (χ1) is 7.53. The van der Waals surface area contributed by atoms with Crippen LogP contribution in [-0.4, -0.2) is 32.0 Å². The van der Waals surface area contributed by atoms with Crippen LogP contribution in [-0.2, 0) is 9.84 Å².